The van der Waals surface area contributed by atoms with E-state index in [0.717, 1.165) is 5.01 Å². The number of nitrogens with zero attached hydrogens (tertiary/aromatic N) is 4. The molecule has 0 saturated heterocycles. The predicted molar refractivity (Wildman–Crippen MR) is 96.0 cm³/mol. The molecule has 0 aliphatic carbocycles. The molecule has 2 rings (SSSR count). The number of amides is 1. The largest absolute Gasteiger partial charge is 0.365 e. The first kappa shape index (κ1) is 19.1. The van der Waals surface area contributed by atoms with Crippen molar-refractivity contribution in [3.8, 4) is 0 Å². The molecule has 0 aliphatic heterocycles. The van der Waals surface area contributed by atoms with Crippen LogP contribution in [0.3, 0.4) is 0 Å². The van der Waals surface area contributed by atoms with Gasteiger partial charge in [0.1, 0.15) is 23.7 Å². The van der Waals surface area contributed by atoms with Crippen molar-refractivity contribution in [1.82, 2.24) is 20.2 Å². The molecule has 11 heteroatoms. The summed E-state index contributed by atoms with van der Waals surface area (Å²) in [5.74, 6) is 5.66. The second kappa shape index (κ2) is 7.78. The van der Waals surface area contributed by atoms with E-state index < -0.39 is 17.5 Å². The lowest BCUT2D eigenvalue weighted by atomic mass is 10.0. The fraction of sp³-hybridized carbons (Fsp3) is 0.400. The van der Waals surface area contributed by atoms with E-state index in [0.29, 0.717) is 18.5 Å². The Kier molecular flexibility index (Phi) is 5.72. The van der Waals surface area contributed by atoms with E-state index in [4.69, 9.17) is 11.6 Å². The Morgan fingerprint density at radius 1 is 1.42 bits per heavy atom. The Balaban J connectivity index is 2.54. The van der Waals surface area contributed by atoms with Crippen LogP contribution in [0.25, 0.3) is 0 Å². The van der Waals surface area contributed by atoms with Gasteiger partial charge < -0.3 is 15.4 Å². The maximum Gasteiger partial charge on any atom is 0.267 e. The lowest BCUT2D eigenvalue weighted by molar-refractivity contribution is -0.109. The Morgan fingerprint density at radius 3 is 2.62 bits per heavy atom. The van der Waals surface area contributed by atoms with Gasteiger partial charge in [-0.3, -0.25) is 24.7 Å². The Labute approximate surface area is 149 Å². The molecule has 2 heterocycles. The molecule has 26 heavy (non-hydrogen) atoms. The molecule has 140 valence electrons. The summed E-state index contributed by atoms with van der Waals surface area (Å²) >= 11 is 0. The van der Waals surface area contributed by atoms with Gasteiger partial charge in [-0.15, -0.1) is 0 Å². The van der Waals surface area contributed by atoms with E-state index in [9.17, 15) is 14.4 Å². The molecular weight excluding hydrogens is 340 g/mol. The summed E-state index contributed by atoms with van der Waals surface area (Å²) in [5, 5.41) is 7.59. The van der Waals surface area contributed by atoms with Crippen LogP contribution in [0.4, 0.5) is 17.6 Å². The number of aldehydes is 1. The molecule has 2 aromatic rings. The highest BCUT2D eigenvalue weighted by Crippen LogP contribution is 2.23. The van der Waals surface area contributed by atoms with Crippen LogP contribution in [0.15, 0.2) is 17.1 Å². The summed E-state index contributed by atoms with van der Waals surface area (Å²) in [7, 11) is 1.58. The van der Waals surface area contributed by atoms with E-state index in [1.54, 1.807) is 13.1 Å². The zero-order valence-corrected chi connectivity index (χ0v) is 14.8. The number of hydrogen-bond donors (Lipinski definition) is 4. The summed E-state index contributed by atoms with van der Waals surface area (Å²) in [6.45, 7) is 3.88. The lowest BCUT2D eigenvalue weighted by Gasteiger charge is -2.26. The average molecular weight is 362 g/mol. The maximum absolute atomic E-state index is 12.4. The highest BCUT2D eigenvalue weighted by atomic mass is 16.2. The summed E-state index contributed by atoms with van der Waals surface area (Å²) in [4.78, 5) is 43.6. The van der Waals surface area contributed by atoms with E-state index in [-0.39, 0.29) is 23.2 Å². The van der Waals surface area contributed by atoms with Crippen LogP contribution in [-0.4, -0.2) is 45.4 Å². The summed E-state index contributed by atoms with van der Waals surface area (Å²) in [6, 6.07) is 0.934. The summed E-state index contributed by atoms with van der Waals surface area (Å²) in [6.07, 6.45) is 2.65. The van der Waals surface area contributed by atoms with Crippen LogP contribution in [0, 0.1) is 5.92 Å². The monoisotopic (exact) mass is 362 g/mol. The van der Waals surface area contributed by atoms with Crippen molar-refractivity contribution < 1.29 is 9.59 Å². The van der Waals surface area contributed by atoms with Gasteiger partial charge in [-0.2, -0.15) is 10.1 Å². The zero-order chi connectivity index (χ0) is 19.4. The van der Waals surface area contributed by atoms with E-state index in [2.05, 4.69) is 20.2 Å². The third-order valence-electron chi connectivity index (χ3n) is 3.77. The highest BCUT2D eigenvalue weighted by molar-refractivity contribution is 5.98. The fourth-order valence-electron chi connectivity index (χ4n) is 2.46. The molecule has 0 aliphatic rings. The van der Waals surface area contributed by atoms with Crippen LogP contribution in [0.5, 0.6) is 0 Å². The van der Waals surface area contributed by atoms with Crippen molar-refractivity contribution in [3.63, 3.8) is 0 Å². The van der Waals surface area contributed by atoms with Crippen LogP contribution in [0.2, 0.25) is 0 Å². The highest BCUT2D eigenvalue weighted by Gasteiger charge is 2.25. The van der Waals surface area contributed by atoms with Crippen LogP contribution in [-0.2, 0) is 4.79 Å². The SMILES string of the molecule is CC(C)C[C@H](C=O)N(N)c1nc(N(C)c2ccn[nH]2)c(C(N)=O)c(=O)[nH]1. The molecule has 0 spiro atoms. The molecule has 0 aromatic carbocycles. The molecule has 0 fully saturated rings. The molecular formula is C15H22N8O3. The topological polar surface area (TPSA) is 167 Å². The predicted octanol–water partition coefficient (Wildman–Crippen LogP) is -0.346. The number of rotatable bonds is 8. The number of nitrogens with one attached hydrogen (secondary N) is 2. The van der Waals surface area contributed by atoms with Crippen molar-refractivity contribution >= 4 is 29.8 Å². The molecule has 0 unspecified atom stereocenters. The quantitative estimate of drug-likeness (QED) is 0.281. The van der Waals surface area contributed by atoms with Crippen LogP contribution in [0.1, 0.15) is 30.6 Å². The number of aromatic amines is 2. The van der Waals surface area contributed by atoms with Gasteiger partial charge in [-0.25, -0.2) is 5.84 Å². The van der Waals surface area contributed by atoms with E-state index >= 15 is 0 Å². The van der Waals surface area contributed by atoms with Crippen molar-refractivity contribution in [2.45, 2.75) is 26.3 Å². The standard InChI is InChI=1S/C15H22N8O3/c1-8(2)6-9(7-24)23(17)15-19-13(11(12(16)25)14(26)20-15)22(3)10-4-5-18-21-10/h4-5,7-9H,6,17H2,1-3H3,(H2,16,25)(H,18,21)(H,19,20,26)/t9-/m1/s1. The van der Waals surface area contributed by atoms with Crippen LogP contribution < -0.4 is 27.0 Å². The molecule has 6 N–H and O–H groups in total. The molecule has 1 atom stereocenters. The number of carbonyl (C=O) groups is 2. The summed E-state index contributed by atoms with van der Waals surface area (Å²) in [5.41, 5.74) is 4.25. The van der Waals surface area contributed by atoms with Crippen molar-refractivity contribution in [2.24, 2.45) is 17.5 Å². The minimum absolute atomic E-state index is 0.00912. The molecule has 1 amide bonds. The minimum atomic E-state index is -0.940. The van der Waals surface area contributed by atoms with Gasteiger partial charge in [0.05, 0.1) is 6.20 Å². The lowest BCUT2D eigenvalue weighted by Crippen LogP contribution is -2.45. The minimum Gasteiger partial charge on any atom is -0.365 e. The number of hydrogen-bond acceptors (Lipinski definition) is 8. The number of primary amides is 1. The Hall–Kier alpha value is -3.21. The van der Waals surface area contributed by atoms with Gasteiger partial charge >= 0.3 is 0 Å². The van der Waals surface area contributed by atoms with Crippen molar-refractivity contribution in [2.75, 3.05) is 17.0 Å². The van der Waals surface area contributed by atoms with Crippen molar-refractivity contribution in [1.29, 1.82) is 0 Å². The number of carbonyl (C=O) groups excluding carboxylic acids is 2. The van der Waals surface area contributed by atoms with E-state index in [1.165, 1.54) is 11.1 Å². The first-order valence-corrected chi connectivity index (χ1v) is 7.92. The number of hydrazine groups is 1. The van der Waals surface area contributed by atoms with Gasteiger partial charge in [0.2, 0.25) is 5.95 Å². The molecule has 2 aromatic heterocycles. The molecule has 11 nitrogen and oxygen atoms in total. The second-order valence-corrected chi connectivity index (χ2v) is 6.19. The van der Waals surface area contributed by atoms with Gasteiger partial charge in [-0.1, -0.05) is 13.8 Å². The van der Waals surface area contributed by atoms with Gasteiger partial charge in [0.15, 0.2) is 5.82 Å². The number of anilines is 3. The van der Waals surface area contributed by atoms with Gasteiger partial charge in [0, 0.05) is 13.1 Å². The van der Waals surface area contributed by atoms with Crippen LogP contribution >= 0.6 is 0 Å². The van der Waals surface area contributed by atoms with Gasteiger partial charge in [0.25, 0.3) is 11.5 Å². The molecule has 0 saturated carbocycles. The summed E-state index contributed by atoms with van der Waals surface area (Å²) < 4.78 is 0. The van der Waals surface area contributed by atoms with E-state index in [1.807, 2.05) is 13.8 Å². The molecule has 0 radical (unpaired) electrons. The maximum atomic E-state index is 12.4. The molecule has 0 bridgehead atoms. The third-order valence-corrected chi connectivity index (χ3v) is 3.77. The smallest absolute Gasteiger partial charge is 0.267 e. The first-order valence-electron chi connectivity index (χ1n) is 7.92. The Bertz CT molecular complexity index is 830. The number of nitrogens with two attached hydrogens (primary N) is 2. The Morgan fingerprint density at radius 2 is 2.12 bits per heavy atom. The number of aromatic nitrogens is 4. The van der Waals surface area contributed by atoms with Crippen molar-refractivity contribution in [3.05, 3.63) is 28.2 Å². The van der Waals surface area contributed by atoms with Gasteiger partial charge in [-0.05, 0) is 12.3 Å². The average Bonchev–Trinajstić information content (AvgIpc) is 3.11. The zero-order valence-electron chi connectivity index (χ0n) is 14.8. The second-order valence-electron chi connectivity index (χ2n) is 6.19. The third kappa shape index (κ3) is 3.88. The first-order chi connectivity index (χ1) is 12.3. The fourth-order valence-corrected chi connectivity index (χ4v) is 2.46. The number of H-pyrrole nitrogens is 2. The normalized spacial score (nSPS) is 12.0.